The molecular formula is H22B20. The molecule has 0 saturated heterocycles. The summed E-state index contributed by atoms with van der Waals surface area (Å²) in [5, 5.41) is 0. The SMILES string of the molecule is BBB(B(B)B)B(BB(B)B(B(B)B)B(B)B)B(B)B. The molecule has 0 heterocycles. The first-order chi connectivity index (χ1) is 9.13. The van der Waals surface area contributed by atoms with Crippen molar-refractivity contribution in [2.45, 2.75) is 0 Å². The second-order valence-electron chi connectivity index (χ2n) is 8.50. The molecule has 0 unspecified atom stereocenters. The van der Waals surface area contributed by atoms with E-state index in [2.05, 4.69) is 77.4 Å². The molecule has 20 heteroatoms. The van der Waals surface area contributed by atoms with E-state index in [9.17, 15) is 0 Å². The lowest BCUT2D eigenvalue weighted by molar-refractivity contribution is 3.41. The van der Waals surface area contributed by atoms with E-state index < -0.39 is 0 Å². The highest BCUT2D eigenvalue weighted by molar-refractivity contribution is 8.11. The minimum absolute atomic E-state index is 0.803. The van der Waals surface area contributed by atoms with E-state index >= 15 is 0 Å². The van der Waals surface area contributed by atoms with E-state index in [1.165, 1.54) is 14.1 Å². The van der Waals surface area contributed by atoms with Gasteiger partial charge in [-0.25, -0.2) is 0 Å². The van der Waals surface area contributed by atoms with Crippen LogP contribution in [-0.2, 0) is 0 Å². The molecule has 0 rings (SSSR count). The van der Waals surface area contributed by atoms with Crippen LogP contribution in [-0.4, -0.2) is 143 Å². The average Bonchev–Trinajstić information content (AvgIpc) is 2.26. The van der Waals surface area contributed by atoms with Crippen LogP contribution < -0.4 is 0 Å². The summed E-state index contributed by atoms with van der Waals surface area (Å²) in [4.78, 5) is 0. The Hall–Kier alpha value is 1.30. The van der Waals surface area contributed by atoms with Gasteiger partial charge in [0, 0.05) is 65.2 Å². The molecule has 0 bridgehead atoms. The van der Waals surface area contributed by atoms with Crippen LogP contribution in [0.2, 0.25) is 0 Å². The van der Waals surface area contributed by atoms with E-state index in [1.807, 2.05) is 0 Å². The summed E-state index contributed by atoms with van der Waals surface area (Å²) in [6, 6.07) is 0. The van der Waals surface area contributed by atoms with Crippen molar-refractivity contribution in [1.82, 2.24) is 0 Å². The van der Waals surface area contributed by atoms with Gasteiger partial charge in [0.25, 0.3) is 0 Å². The molecule has 0 fully saturated rings. The molecule has 0 N–H and O–H groups in total. The quantitative estimate of drug-likeness (QED) is 0.350. The summed E-state index contributed by atoms with van der Waals surface area (Å²) >= 11 is 0. The third kappa shape index (κ3) is 6.60. The van der Waals surface area contributed by atoms with Crippen molar-refractivity contribution in [1.29, 1.82) is 0 Å². The first-order valence-electron chi connectivity index (χ1n) is 9.13. The Morgan fingerprint density at radius 3 is 1.20 bits per heavy atom. The zero-order valence-corrected chi connectivity index (χ0v) is 16.0. The van der Waals surface area contributed by atoms with Crippen LogP contribution in [0.15, 0.2) is 0 Å². The molecule has 20 heavy (non-hydrogen) atoms. The minimum Gasteiger partial charge on any atom is 0.00431 e. The number of hydrogen-bond donors (Lipinski definition) is 0. The van der Waals surface area contributed by atoms with Crippen LogP contribution in [0.4, 0.5) is 0 Å². The van der Waals surface area contributed by atoms with Gasteiger partial charge < -0.3 is 0 Å². The Morgan fingerprint density at radius 2 is 0.950 bits per heavy atom. The van der Waals surface area contributed by atoms with Gasteiger partial charge in [-0.05, 0) is 0 Å². The minimum atomic E-state index is 0.803. The molecule has 0 atom stereocenters. The lowest BCUT2D eigenvalue weighted by Gasteiger charge is -2.32. The standard InChI is InChI=1S/B20H22/c1-11-18(13(2)3)19(14(4)5)12-17(10)20(15(6)7)16(8)9/h11-12H,1-10H2. The normalized spacial score (nSPS) is 9.00. The number of hydrogen-bond acceptors (Lipinski definition) is 0. The van der Waals surface area contributed by atoms with Gasteiger partial charge in [0.2, 0.25) is 0 Å². The number of rotatable bonds is 9. The van der Waals surface area contributed by atoms with E-state index in [4.69, 9.17) is 0 Å². The highest BCUT2D eigenvalue weighted by Crippen LogP contribution is 1.97. The zero-order chi connectivity index (χ0) is 16.0. The van der Waals surface area contributed by atoms with Gasteiger partial charge in [0.15, 0.2) is 0 Å². The maximum atomic E-state index is 2.51. The first-order valence-corrected chi connectivity index (χ1v) is 9.13. The van der Waals surface area contributed by atoms with Crippen LogP contribution in [0.5, 0.6) is 0 Å². The van der Waals surface area contributed by atoms with Crippen LogP contribution in [0.25, 0.3) is 0 Å². The molecule has 0 amide bonds. The molecule has 0 aromatic carbocycles. The predicted molar refractivity (Wildman–Crippen MR) is 146 cm³/mol. The lowest BCUT2D eigenvalue weighted by atomic mass is 8.47. The summed E-state index contributed by atoms with van der Waals surface area (Å²) in [5.41, 5.74) is 0. The third-order valence-electron chi connectivity index (χ3n) is 5.57. The topological polar surface area (TPSA) is 0 Å². The Kier molecular flexibility index (Phi) is 10.8. The molecule has 0 aromatic rings. The molecule has 0 radical (unpaired) electrons. The maximum absolute atomic E-state index is 2.51. The fraction of sp³-hybridized carbons (Fsp3) is 0. The van der Waals surface area contributed by atoms with Crippen molar-refractivity contribution in [3.05, 3.63) is 0 Å². The van der Waals surface area contributed by atoms with E-state index in [-0.39, 0.29) is 0 Å². The smallest absolute Gasteiger partial charge is 0.00431 e. The lowest BCUT2D eigenvalue weighted by Crippen LogP contribution is -2.72. The van der Waals surface area contributed by atoms with Crippen molar-refractivity contribution in [3.8, 4) is 0 Å². The Labute approximate surface area is 142 Å². The van der Waals surface area contributed by atoms with Crippen LogP contribution >= 0.6 is 0 Å². The Bertz CT molecular complexity index is 228. The third-order valence-corrected chi connectivity index (χ3v) is 5.57. The van der Waals surface area contributed by atoms with Gasteiger partial charge >= 0.3 is 0 Å². The van der Waals surface area contributed by atoms with Crippen molar-refractivity contribution in [3.63, 3.8) is 0 Å². The fourth-order valence-corrected chi connectivity index (χ4v) is 4.88. The van der Waals surface area contributed by atoms with Gasteiger partial charge in [-0.15, -0.1) is 0 Å². The molecule has 0 aliphatic heterocycles. The molecule has 82 valence electrons. The van der Waals surface area contributed by atoms with Crippen molar-refractivity contribution >= 4 is 143 Å². The van der Waals surface area contributed by atoms with Crippen LogP contribution in [0, 0.1) is 0 Å². The van der Waals surface area contributed by atoms with E-state index in [1.54, 1.807) is 0 Å². The molecule has 0 saturated carbocycles. The van der Waals surface area contributed by atoms with Crippen molar-refractivity contribution in [2.75, 3.05) is 0 Å². The van der Waals surface area contributed by atoms with E-state index in [0.29, 0.717) is 0 Å². The maximum Gasteiger partial charge on any atom is 0.0593 e. The van der Waals surface area contributed by atoms with Gasteiger partial charge in [-0.2, -0.15) is 0 Å². The molecule has 0 spiro atoms. The summed E-state index contributed by atoms with van der Waals surface area (Å²) in [7, 11) is 27.0. The molecule has 0 aliphatic carbocycles. The van der Waals surface area contributed by atoms with Crippen LogP contribution in [0.3, 0.4) is 0 Å². The predicted octanol–water partition coefficient (Wildman–Crippen LogP) is -13.5. The van der Waals surface area contributed by atoms with Crippen LogP contribution in [0.1, 0.15) is 0 Å². The summed E-state index contributed by atoms with van der Waals surface area (Å²) in [6.07, 6.45) is 6.71. The van der Waals surface area contributed by atoms with Crippen molar-refractivity contribution < 1.29 is 0 Å². The Balaban J connectivity index is 4.98. The molecule has 0 aromatic heterocycles. The van der Waals surface area contributed by atoms with Gasteiger partial charge in [-0.3, -0.25) is 0 Å². The fourth-order valence-electron chi connectivity index (χ4n) is 4.88. The van der Waals surface area contributed by atoms with Gasteiger partial charge in [0.1, 0.15) is 0 Å². The average molecular weight is 238 g/mol. The monoisotopic (exact) mass is 242 g/mol. The Morgan fingerprint density at radius 1 is 0.550 bits per heavy atom. The summed E-state index contributed by atoms with van der Waals surface area (Å²) < 4.78 is 0. The first kappa shape index (κ1) is 21.3. The largest absolute Gasteiger partial charge is 0.0593 e. The second-order valence-corrected chi connectivity index (χ2v) is 8.50. The summed E-state index contributed by atoms with van der Waals surface area (Å²) in [6.45, 7) is 0. The van der Waals surface area contributed by atoms with Crippen molar-refractivity contribution in [2.24, 2.45) is 0 Å². The highest BCUT2D eigenvalue weighted by atomic mass is 13.2. The summed E-state index contributed by atoms with van der Waals surface area (Å²) in [5.74, 6) is 0. The molecule has 0 nitrogen and oxygen atoms in total. The van der Waals surface area contributed by atoms with E-state index in [0.717, 1.165) is 51.1 Å². The van der Waals surface area contributed by atoms with Gasteiger partial charge in [-0.1, -0.05) is 0 Å². The molecule has 0 aliphatic rings. The van der Waals surface area contributed by atoms with Gasteiger partial charge in [0.05, 0.1) is 77.4 Å². The zero-order valence-electron chi connectivity index (χ0n) is 16.0. The second kappa shape index (κ2) is 10.1. The highest BCUT2D eigenvalue weighted by Gasteiger charge is 2.37. The molecular weight excluding hydrogens is 216 g/mol.